The highest BCUT2D eigenvalue weighted by Crippen LogP contribution is 2.30. The summed E-state index contributed by atoms with van der Waals surface area (Å²) < 4.78 is 14.7. The van der Waals surface area contributed by atoms with E-state index >= 15 is 0 Å². The van der Waals surface area contributed by atoms with E-state index in [-0.39, 0.29) is 11.7 Å². The summed E-state index contributed by atoms with van der Waals surface area (Å²) in [6, 6.07) is 5.26. The molecule has 0 radical (unpaired) electrons. The number of thiophene rings is 1. The van der Waals surface area contributed by atoms with Crippen molar-refractivity contribution in [2.45, 2.75) is 6.61 Å². The molecular formula is C9H6FIOS. The van der Waals surface area contributed by atoms with Gasteiger partial charge >= 0.3 is 0 Å². The molecule has 0 aliphatic rings. The van der Waals surface area contributed by atoms with E-state index in [1.807, 2.05) is 12.1 Å². The molecule has 0 saturated carbocycles. The lowest BCUT2D eigenvalue weighted by Gasteiger charge is -2.00. The number of fused-ring (bicyclic) bond motifs is 1. The van der Waals surface area contributed by atoms with E-state index in [1.54, 1.807) is 0 Å². The summed E-state index contributed by atoms with van der Waals surface area (Å²) in [6.07, 6.45) is 0. The van der Waals surface area contributed by atoms with Gasteiger partial charge in [-0.05, 0) is 40.1 Å². The molecule has 1 aromatic carbocycles. The van der Waals surface area contributed by atoms with Crippen LogP contribution in [-0.4, -0.2) is 5.11 Å². The molecule has 13 heavy (non-hydrogen) atoms. The zero-order valence-corrected chi connectivity index (χ0v) is 9.52. The fourth-order valence-corrected chi connectivity index (χ4v) is 2.98. The number of halogens is 2. The van der Waals surface area contributed by atoms with Crippen LogP contribution in [0.3, 0.4) is 0 Å². The Hall–Kier alpha value is -0.200. The molecule has 1 aromatic heterocycles. The largest absolute Gasteiger partial charge is 0.392 e. The summed E-state index contributed by atoms with van der Waals surface area (Å²) in [4.78, 5) is 0. The van der Waals surface area contributed by atoms with Crippen LogP contribution in [0.4, 0.5) is 4.39 Å². The van der Waals surface area contributed by atoms with Crippen LogP contribution in [0.5, 0.6) is 0 Å². The highest BCUT2D eigenvalue weighted by Gasteiger charge is 2.08. The zero-order chi connectivity index (χ0) is 9.42. The van der Waals surface area contributed by atoms with Gasteiger partial charge in [0.15, 0.2) is 5.13 Å². The second kappa shape index (κ2) is 3.51. The van der Waals surface area contributed by atoms with Gasteiger partial charge in [-0.1, -0.05) is 6.07 Å². The third-order valence-electron chi connectivity index (χ3n) is 1.86. The van der Waals surface area contributed by atoms with E-state index in [1.165, 1.54) is 6.07 Å². The Kier molecular flexibility index (Phi) is 2.53. The summed E-state index contributed by atoms with van der Waals surface area (Å²) in [5.74, 6) is 0. The van der Waals surface area contributed by atoms with Crippen molar-refractivity contribution in [3.05, 3.63) is 32.5 Å². The third-order valence-corrected chi connectivity index (χ3v) is 3.87. The average Bonchev–Trinajstić information content (AvgIpc) is 2.45. The van der Waals surface area contributed by atoms with Crippen LogP contribution in [0.15, 0.2) is 18.2 Å². The van der Waals surface area contributed by atoms with Gasteiger partial charge in [0, 0.05) is 13.8 Å². The molecule has 68 valence electrons. The number of aliphatic hydroxyl groups excluding tert-OH is 1. The third kappa shape index (κ3) is 1.58. The Bertz CT molecular complexity index is 452. The number of rotatable bonds is 1. The smallest absolute Gasteiger partial charge is 0.177 e. The lowest BCUT2D eigenvalue weighted by Crippen LogP contribution is -1.87. The summed E-state index contributed by atoms with van der Waals surface area (Å²) in [5.41, 5.74) is 0.826. The predicted molar refractivity (Wildman–Crippen MR) is 60.4 cm³/mol. The topological polar surface area (TPSA) is 20.2 Å². The Labute approximate surface area is 92.3 Å². The van der Waals surface area contributed by atoms with Crippen molar-refractivity contribution >= 4 is 44.0 Å². The standard InChI is InChI=1S/C9H6FIOS/c10-8-3-5-1-2-7(11)6(4-12)9(5)13-8/h1-3,12H,4H2. The van der Waals surface area contributed by atoms with Crippen LogP contribution in [0.25, 0.3) is 10.1 Å². The Morgan fingerprint density at radius 3 is 2.92 bits per heavy atom. The Morgan fingerprint density at radius 2 is 2.23 bits per heavy atom. The molecule has 0 spiro atoms. The van der Waals surface area contributed by atoms with Crippen molar-refractivity contribution in [3.63, 3.8) is 0 Å². The van der Waals surface area contributed by atoms with E-state index in [0.717, 1.165) is 30.6 Å². The maximum Gasteiger partial charge on any atom is 0.177 e. The molecule has 0 fully saturated rings. The summed E-state index contributed by atoms with van der Waals surface area (Å²) >= 11 is 3.23. The van der Waals surface area contributed by atoms with Crippen molar-refractivity contribution in [1.29, 1.82) is 0 Å². The fourth-order valence-electron chi connectivity index (χ4n) is 1.25. The molecule has 2 rings (SSSR count). The van der Waals surface area contributed by atoms with Gasteiger partial charge in [-0.2, -0.15) is 4.39 Å². The van der Waals surface area contributed by atoms with Crippen LogP contribution in [0, 0.1) is 8.70 Å². The van der Waals surface area contributed by atoms with Crippen molar-refractivity contribution < 1.29 is 9.50 Å². The summed E-state index contributed by atoms with van der Waals surface area (Å²) in [7, 11) is 0. The number of hydrogen-bond acceptors (Lipinski definition) is 2. The SMILES string of the molecule is OCc1c(I)ccc2cc(F)sc12. The Morgan fingerprint density at radius 1 is 1.46 bits per heavy atom. The van der Waals surface area contributed by atoms with E-state index in [4.69, 9.17) is 5.11 Å². The average molecular weight is 308 g/mol. The summed E-state index contributed by atoms with van der Waals surface area (Å²) in [6.45, 7) is -0.0322. The number of benzene rings is 1. The molecule has 0 atom stereocenters. The maximum absolute atomic E-state index is 12.9. The number of hydrogen-bond donors (Lipinski definition) is 1. The quantitative estimate of drug-likeness (QED) is 0.803. The molecule has 2 aromatic rings. The van der Waals surface area contributed by atoms with E-state index < -0.39 is 0 Å². The first kappa shape index (κ1) is 9.36. The molecule has 0 aliphatic carbocycles. The lowest BCUT2D eigenvalue weighted by atomic mass is 10.2. The van der Waals surface area contributed by atoms with E-state index in [9.17, 15) is 4.39 Å². The van der Waals surface area contributed by atoms with Crippen LogP contribution in [0.1, 0.15) is 5.56 Å². The van der Waals surface area contributed by atoms with Gasteiger partial charge in [0.2, 0.25) is 0 Å². The first-order valence-electron chi connectivity index (χ1n) is 3.69. The lowest BCUT2D eigenvalue weighted by molar-refractivity contribution is 0.282. The normalized spacial score (nSPS) is 11.0. The highest BCUT2D eigenvalue weighted by atomic mass is 127. The van der Waals surface area contributed by atoms with Crippen molar-refractivity contribution in [2.75, 3.05) is 0 Å². The minimum absolute atomic E-state index is 0.0322. The molecule has 0 unspecified atom stereocenters. The van der Waals surface area contributed by atoms with Crippen LogP contribution in [0.2, 0.25) is 0 Å². The van der Waals surface area contributed by atoms with Gasteiger partial charge in [0.05, 0.1) is 6.61 Å². The predicted octanol–water partition coefficient (Wildman–Crippen LogP) is 3.14. The molecule has 0 aliphatic heterocycles. The molecule has 1 N–H and O–H groups in total. The van der Waals surface area contributed by atoms with Crippen molar-refractivity contribution in [2.24, 2.45) is 0 Å². The molecular weight excluding hydrogens is 302 g/mol. The monoisotopic (exact) mass is 308 g/mol. The molecule has 1 heterocycles. The van der Waals surface area contributed by atoms with Crippen LogP contribution in [-0.2, 0) is 6.61 Å². The van der Waals surface area contributed by atoms with Gasteiger partial charge in [-0.3, -0.25) is 0 Å². The second-order valence-electron chi connectivity index (χ2n) is 2.65. The fraction of sp³-hybridized carbons (Fsp3) is 0.111. The van der Waals surface area contributed by atoms with Crippen LogP contribution >= 0.6 is 33.9 Å². The van der Waals surface area contributed by atoms with Gasteiger partial charge < -0.3 is 5.11 Å². The van der Waals surface area contributed by atoms with Gasteiger partial charge in [0.25, 0.3) is 0 Å². The summed E-state index contributed by atoms with van der Waals surface area (Å²) in [5, 5.41) is 9.77. The second-order valence-corrected chi connectivity index (χ2v) is 4.82. The highest BCUT2D eigenvalue weighted by molar-refractivity contribution is 14.1. The zero-order valence-electron chi connectivity index (χ0n) is 6.55. The molecule has 0 bridgehead atoms. The number of aliphatic hydroxyl groups is 1. The van der Waals surface area contributed by atoms with Crippen molar-refractivity contribution in [3.8, 4) is 0 Å². The van der Waals surface area contributed by atoms with Gasteiger partial charge in [-0.25, -0.2) is 0 Å². The Balaban J connectivity index is 2.82. The molecule has 0 saturated heterocycles. The first-order chi connectivity index (χ1) is 6.22. The van der Waals surface area contributed by atoms with Crippen molar-refractivity contribution in [1.82, 2.24) is 0 Å². The van der Waals surface area contributed by atoms with Gasteiger partial charge in [-0.15, -0.1) is 11.3 Å². The molecule has 1 nitrogen and oxygen atoms in total. The molecule has 4 heteroatoms. The van der Waals surface area contributed by atoms with E-state index in [2.05, 4.69) is 22.6 Å². The minimum Gasteiger partial charge on any atom is -0.392 e. The van der Waals surface area contributed by atoms with Gasteiger partial charge in [0.1, 0.15) is 0 Å². The van der Waals surface area contributed by atoms with Crippen LogP contribution < -0.4 is 0 Å². The minimum atomic E-state index is -0.202. The first-order valence-corrected chi connectivity index (χ1v) is 5.59. The maximum atomic E-state index is 12.9. The van der Waals surface area contributed by atoms with E-state index in [0.29, 0.717) is 0 Å². The molecule has 0 amide bonds.